The van der Waals surface area contributed by atoms with Crippen LogP contribution in [0, 0.1) is 6.92 Å². The zero-order valence-electron chi connectivity index (χ0n) is 11.9. The molecule has 0 aliphatic rings. The summed E-state index contributed by atoms with van der Waals surface area (Å²) in [6.45, 7) is 1.96. The number of benzene rings is 2. The fourth-order valence-electron chi connectivity index (χ4n) is 2.25. The van der Waals surface area contributed by atoms with Crippen molar-refractivity contribution in [3.63, 3.8) is 0 Å². The smallest absolute Gasteiger partial charge is 0.258 e. The molecule has 2 N–H and O–H groups in total. The number of aryl methyl sites for hydroxylation is 2. The number of nitrogen functional groups attached to an aromatic ring is 1. The molecule has 0 spiro atoms. The number of nitrogens with two attached hydrogens (primary N) is 1. The quantitative estimate of drug-likeness (QED) is 0.743. The fourth-order valence-corrected chi connectivity index (χ4v) is 2.25. The van der Waals surface area contributed by atoms with Crippen molar-refractivity contribution >= 4 is 5.69 Å². The molecule has 1 aromatic heterocycles. The lowest BCUT2D eigenvalue weighted by Crippen LogP contribution is -1.94. The van der Waals surface area contributed by atoms with Crippen molar-refractivity contribution in [3.05, 3.63) is 65.5 Å². The standard InChI is InChI=1S/C17H17N3O/c1-12-14(8-5-9-15(12)18)17-19-16(20-21-17)11-10-13-6-3-2-4-7-13/h2-9H,10-11,18H2,1H3. The van der Waals surface area contributed by atoms with E-state index in [1.807, 2.05) is 43.3 Å². The number of nitrogens with zero attached hydrogens (tertiary/aromatic N) is 2. The van der Waals surface area contributed by atoms with Crippen molar-refractivity contribution in [2.24, 2.45) is 0 Å². The van der Waals surface area contributed by atoms with Gasteiger partial charge < -0.3 is 10.3 Å². The van der Waals surface area contributed by atoms with Crippen molar-refractivity contribution in [2.75, 3.05) is 5.73 Å². The van der Waals surface area contributed by atoms with Gasteiger partial charge in [-0.1, -0.05) is 41.6 Å². The Morgan fingerprint density at radius 3 is 2.62 bits per heavy atom. The van der Waals surface area contributed by atoms with E-state index in [1.54, 1.807) is 0 Å². The van der Waals surface area contributed by atoms with Crippen molar-refractivity contribution in [3.8, 4) is 11.5 Å². The first-order valence-corrected chi connectivity index (χ1v) is 6.96. The summed E-state index contributed by atoms with van der Waals surface area (Å²) in [5.74, 6) is 1.25. The molecule has 0 amide bonds. The Kier molecular flexibility index (Phi) is 3.69. The molecule has 1 heterocycles. The lowest BCUT2D eigenvalue weighted by atomic mass is 10.1. The molecule has 4 nitrogen and oxygen atoms in total. The molecule has 0 bridgehead atoms. The Balaban J connectivity index is 1.76. The maximum atomic E-state index is 5.91. The average Bonchev–Trinajstić information content (AvgIpc) is 2.98. The van der Waals surface area contributed by atoms with Gasteiger partial charge in [-0.3, -0.25) is 0 Å². The lowest BCUT2D eigenvalue weighted by molar-refractivity contribution is 0.422. The largest absolute Gasteiger partial charge is 0.398 e. The van der Waals surface area contributed by atoms with Crippen molar-refractivity contribution < 1.29 is 4.52 Å². The second kappa shape index (κ2) is 5.79. The molecule has 3 rings (SSSR count). The normalized spacial score (nSPS) is 10.7. The maximum absolute atomic E-state index is 5.91. The van der Waals surface area contributed by atoms with Gasteiger partial charge in [0.25, 0.3) is 5.89 Å². The van der Waals surface area contributed by atoms with Crippen LogP contribution in [0.2, 0.25) is 0 Å². The van der Waals surface area contributed by atoms with Gasteiger partial charge in [0.15, 0.2) is 5.82 Å². The summed E-state index contributed by atoms with van der Waals surface area (Å²) in [6, 6.07) is 16.0. The zero-order chi connectivity index (χ0) is 14.7. The van der Waals surface area contributed by atoms with E-state index in [2.05, 4.69) is 22.3 Å². The molecule has 0 atom stereocenters. The van der Waals surface area contributed by atoms with Gasteiger partial charge in [-0.25, -0.2) is 0 Å². The molecule has 0 saturated carbocycles. The summed E-state index contributed by atoms with van der Waals surface area (Å²) in [4.78, 5) is 4.46. The third-order valence-corrected chi connectivity index (χ3v) is 3.55. The molecule has 0 saturated heterocycles. The summed E-state index contributed by atoms with van der Waals surface area (Å²) in [7, 11) is 0. The van der Waals surface area contributed by atoms with E-state index >= 15 is 0 Å². The summed E-state index contributed by atoms with van der Waals surface area (Å²) in [6.07, 6.45) is 1.66. The van der Waals surface area contributed by atoms with Gasteiger partial charge in [0.2, 0.25) is 0 Å². The lowest BCUT2D eigenvalue weighted by Gasteiger charge is -2.03. The van der Waals surface area contributed by atoms with E-state index < -0.39 is 0 Å². The zero-order valence-corrected chi connectivity index (χ0v) is 11.9. The minimum absolute atomic E-state index is 0.530. The Hall–Kier alpha value is -2.62. The highest BCUT2D eigenvalue weighted by atomic mass is 16.5. The van der Waals surface area contributed by atoms with E-state index in [0.717, 1.165) is 35.5 Å². The van der Waals surface area contributed by atoms with E-state index in [-0.39, 0.29) is 0 Å². The minimum Gasteiger partial charge on any atom is -0.398 e. The molecule has 3 aromatic rings. The maximum Gasteiger partial charge on any atom is 0.258 e. The van der Waals surface area contributed by atoms with Crippen LogP contribution in [-0.4, -0.2) is 10.1 Å². The molecule has 0 radical (unpaired) electrons. The number of hydrogen-bond donors (Lipinski definition) is 1. The van der Waals surface area contributed by atoms with Crippen molar-refractivity contribution in [2.45, 2.75) is 19.8 Å². The first-order valence-electron chi connectivity index (χ1n) is 6.96. The predicted molar refractivity (Wildman–Crippen MR) is 82.7 cm³/mol. The Labute approximate surface area is 123 Å². The molecular formula is C17H17N3O. The predicted octanol–water partition coefficient (Wildman–Crippen LogP) is 3.41. The first-order chi connectivity index (χ1) is 10.2. The minimum atomic E-state index is 0.530. The molecule has 4 heteroatoms. The van der Waals surface area contributed by atoms with Gasteiger partial charge in [-0.05, 0) is 36.6 Å². The van der Waals surface area contributed by atoms with Gasteiger partial charge >= 0.3 is 0 Å². The van der Waals surface area contributed by atoms with Crippen molar-refractivity contribution in [1.29, 1.82) is 0 Å². The third-order valence-electron chi connectivity index (χ3n) is 3.55. The summed E-state index contributed by atoms with van der Waals surface area (Å²) >= 11 is 0. The highest BCUT2D eigenvalue weighted by molar-refractivity contribution is 5.66. The fraction of sp³-hybridized carbons (Fsp3) is 0.176. The number of anilines is 1. The van der Waals surface area contributed by atoms with Gasteiger partial charge in [0, 0.05) is 17.7 Å². The molecule has 0 unspecified atom stereocenters. The molecular weight excluding hydrogens is 262 g/mol. The van der Waals surface area contributed by atoms with Crippen LogP contribution in [0.3, 0.4) is 0 Å². The van der Waals surface area contributed by atoms with Crippen LogP contribution in [-0.2, 0) is 12.8 Å². The average molecular weight is 279 g/mol. The number of rotatable bonds is 4. The van der Waals surface area contributed by atoms with Gasteiger partial charge in [-0.2, -0.15) is 4.98 Å². The van der Waals surface area contributed by atoms with E-state index in [0.29, 0.717) is 5.89 Å². The van der Waals surface area contributed by atoms with E-state index in [9.17, 15) is 0 Å². The summed E-state index contributed by atoms with van der Waals surface area (Å²) in [5, 5.41) is 4.05. The Bertz CT molecular complexity index is 735. The van der Waals surface area contributed by atoms with Crippen LogP contribution < -0.4 is 5.73 Å². The number of hydrogen-bond acceptors (Lipinski definition) is 4. The van der Waals surface area contributed by atoms with Crippen LogP contribution >= 0.6 is 0 Å². The monoisotopic (exact) mass is 279 g/mol. The molecule has 0 aliphatic carbocycles. The molecule has 2 aromatic carbocycles. The third kappa shape index (κ3) is 2.94. The number of aromatic nitrogens is 2. The van der Waals surface area contributed by atoms with Gasteiger partial charge in [0.1, 0.15) is 0 Å². The SMILES string of the molecule is Cc1c(N)cccc1-c1nc(CCc2ccccc2)no1. The first kappa shape index (κ1) is 13.4. The highest BCUT2D eigenvalue weighted by Gasteiger charge is 2.12. The second-order valence-corrected chi connectivity index (χ2v) is 5.02. The molecule has 106 valence electrons. The van der Waals surface area contributed by atoms with Crippen LogP contribution in [0.15, 0.2) is 53.1 Å². The van der Waals surface area contributed by atoms with Gasteiger partial charge in [0.05, 0.1) is 0 Å². The Morgan fingerprint density at radius 2 is 1.81 bits per heavy atom. The molecule has 0 fully saturated rings. The van der Waals surface area contributed by atoms with E-state index in [1.165, 1.54) is 5.56 Å². The van der Waals surface area contributed by atoms with E-state index in [4.69, 9.17) is 10.3 Å². The molecule has 21 heavy (non-hydrogen) atoms. The Morgan fingerprint density at radius 1 is 1.00 bits per heavy atom. The van der Waals surface area contributed by atoms with Crippen molar-refractivity contribution in [1.82, 2.24) is 10.1 Å². The topological polar surface area (TPSA) is 64.9 Å². The second-order valence-electron chi connectivity index (χ2n) is 5.02. The van der Waals surface area contributed by atoms with Crippen LogP contribution in [0.5, 0.6) is 0 Å². The van der Waals surface area contributed by atoms with Crippen LogP contribution in [0.25, 0.3) is 11.5 Å². The van der Waals surface area contributed by atoms with Gasteiger partial charge in [-0.15, -0.1) is 0 Å². The summed E-state index contributed by atoms with van der Waals surface area (Å²) < 4.78 is 5.36. The highest BCUT2D eigenvalue weighted by Crippen LogP contribution is 2.25. The van der Waals surface area contributed by atoms with Crippen LogP contribution in [0.4, 0.5) is 5.69 Å². The van der Waals surface area contributed by atoms with Crippen LogP contribution in [0.1, 0.15) is 17.0 Å². The summed E-state index contributed by atoms with van der Waals surface area (Å²) in [5.41, 5.74) is 9.78. The molecule has 0 aliphatic heterocycles.